The van der Waals surface area contributed by atoms with E-state index in [1.54, 1.807) is 38.7 Å². The minimum absolute atomic E-state index is 0.00926. The molecule has 3 heterocycles. The minimum Gasteiger partial charge on any atom is -0.495 e. The summed E-state index contributed by atoms with van der Waals surface area (Å²) in [5, 5.41) is 8.80. The molecule has 0 amide bonds. The number of methoxy groups -OCH3 is 1. The number of hydrogen-bond acceptors (Lipinski definition) is 7. The van der Waals surface area contributed by atoms with Gasteiger partial charge in [0, 0.05) is 36.0 Å². The first-order valence-corrected chi connectivity index (χ1v) is 9.63. The predicted molar refractivity (Wildman–Crippen MR) is 109 cm³/mol. The summed E-state index contributed by atoms with van der Waals surface area (Å²) >= 11 is 0. The molecular weight excluding hydrogens is 382 g/mol. The normalized spacial score (nSPS) is 17.2. The van der Waals surface area contributed by atoms with Crippen LogP contribution in [0.1, 0.15) is 23.9 Å². The third kappa shape index (κ3) is 4.15. The Labute approximate surface area is 173 Å². The molecule has 1 saturated carbocycles. The standard InChI is InChI=1S/C22H21N5O3/c1-14-24-12-19(15-5-7-27(8-6-23)21(28)10-15)22(26-14)30-13-16-9-18(16)20-4-3-17(29-2)11-25-20/h3-5,7,10-12,16,18H,8-9,13H2,1-2H3/t16-,18+/m1/s1. The molecule has 1 aliphatic carbocycles. The van der Waals surface area contributed by atoms with Gasteiger partial charge < -0.3 is 14.0 Å². The van der Waals surface area contributed by atoms with E-state index in [-0.39, 0.29) is 12.1 Å². The van der Waals surface area contributed by atoms with Gasteiger partial charge in [-0.2, -0.15) is 10.2 Å². The van der Waals surface area contributed by atoms with Crippen molar-refractivity contribution in [1.82, 2.24) is 19.5 Å². The van der Waals surface area contributed by atoms with Crippen molar-refractivity contribution in [2.75, 3.05) is 13.7 Å². The summed E-state index contributed by atoms with van der Waals surface area (Å²) in [6.07, 6.45) is 5.99. The average Bonchev–Trinajstić information content (AvgIpc) is 3.54. The van der Waals surface area contributed by atoms with Gasteiger partial charge in [0.15, 0.2) is 0 Å². The van der Waals surface area contributed by atoms with E-state index < -0.39 is 0 Å². The van der Waals surface area contributed by atoms with Crippen LogP contribution in [0.15, 0.2) is 47.7 Å². The third-order valence-corrected chi connectivity index (χ3v) is 5.15. The van der Waals surface area contributed by atoms with Crippen LogP contribution in [0.5, 0.6) is 11.6 Å². The lowest BCUT2D eigenvalue weighted by atomic mass is 10.1. The highest BCUT2D eigenvalue weighted by atomic mass is 16.5. The quantitative estimate of drug-likeness (QED) is 0.597. The summed E-state index contributed by atoms with van der Waals surface area (Å²) in [5.41, 5.74) is 2.09. The summed E-state index contributed by atoms with van der Waals surface area (Å²) in [4.78, 5) is 25.4. The number of nitriles is 1. The van der Waals surface area contributed by atoms with Gasteiger partial charge in [-0.15, -0.1) is 0 Å². The Balaban J connectivity index is 1.49. The highest BCUT2D eigenvalue weighted by Gasteiger charge is 2.40. The molecule has 0 spiro atoms. The van der Waals surface area contributed by atoms with Crippen molar-refractivity contribution in [2.24, 2.45) is 5.92 Å². The Morgan fingerprint density at radius 2 is 2.13 bits per heavy atom. The van der Waals surface area contributed by atoms with Crippen molar-refractivity contribution in [3.63, 3.8) is 0 Å². The van der Waals surface area contributed by atoms with Gasteiger partial charge in [-0.1, -0.05) is 0 Å². The number of rotatable bonds is 7. The van der Waals surface area contributed by atoms with Crippen LogP contribution in [0.2, 0.25) is 0 Å². The van der Waals surface area contributed by atoms with Gasteiger partial charge in [0.1, 0.15) is 18.1 Å². The first kappa shape index (κ1) is 19.6. The van der Waals surface area contributed by atoms with Crippen molar-refractivity contribution in [1.29, 1.82) is 5.26 Å². The Kier molecular flexibility index (Phi) is 5.44. The fraction of sp³-hybridized carbons (Fsp3) is 0.318. The molecule has 8 nitrogen and oxygen atoms in total. The summed E-state index contributed by atoms with van der Waals surface area (Å²) in [6, 6.07) is 9.11. The third-order valence-electron chi connectivity index (χ3n) is 5.15. The second-order valence-corrected chi connectivity index (χ2v) is 7.21. The van der Waals surface area contributed by atoms with Gasteiger partial charge in [0.05, 0.1) is 31.5 Å². The highest BCUT2D eigenvalue weighted by Crippen LogP contribution is 2.47. The first-order chi connectivity index (χ1) is 14.6. The molecule has 0 bridgehead atoms. The van der Waals surface area contributed by atoms with Gasteiger partial charge >= 0.3 is 0 Å². The zero-order valence-electron chi connectivity index (χ0n) is 16.8. The van der Waals surface area contributed by atoms with Crippen LogP contribution in [-0.4, -0.2) is 33.2 Å². The maximum atomic E-state index is 12.2. The molecule has 3 aromatic rings. The number of ether oxygens (including phenoxy) is 2. The topological polar surface area (TPSA) is 103 Å². The van der Waals surface area contributed by atoms with Crippen LogP contribution in [0.25, 0.3) is 11.1 Å². The van der Waals surface area contributed by atoms with Crippen LogP contribution in [0.3, 0.4) is 0 Å². The molecular formula is C22H21N5O3. The molecule has 30 heavy (non-hydrogen) atoms. The van der Waals surface area contributed by atoms with E-state index in [2.05, 4.69) is 15.0 Å². The number of nitrogens with zero attached hydrogens (tertiary/aromatic N) is 5. The lowest BCUT2D eigenvalue weighted by Gasteiger charge is -2.11. The summed E-state index contributed by atoms with van der Waals surface area (Å²) in [6.45, 7) is 2.31. The molecule has 1 fully saturated rings. The van der Waals surface area contributed by atoms with Gasteiger partial charge in [-0.25, -0.2) is 4.98 Å². The highest BCUT2D eigenvalue weighted by molar-refractivity contribution is 5.67. The van der Waals surface area contributed by atoms with Gasteiger partial charge in [-0.3, -0.25) is 9.78 Å². The molecule has 152 valence electrons. The second-order valence-electron chi connectivity index (χ2n) is 7.21. The van der Waals surface area contributed by atoms with E-state index in [9.17, 15) is 4.79 Å². The molecule has 0 aromatic carbocycles. The molecule has 0 unspecified atom stereocenters. The second kappa shape index (κ2) is 8.33. The van der Waals surface area contributed by atoms with Crippen molar-refractivity contribution in [3.8, 4) is 28.8 Å². The lowest BCUT2D eigenvalue weighted by Crippen LogP contribution is -2.18. The smallest absolute Gasteiger partial charge is 0.252 e. The predicted octanol–water partition coefficient (Wildman–Crippen LogP) is 2.72. The fourth-order valence-corrected chi connectivity index (χ4v) is 3.35. The minimum atomic E-state index is -0.256. The Morgan fingerprint density at radius 1 is 1.27 bits per heavy atom. The van der Waals surface area contributed by atoms with E-state index in [4.69, 9.17) is 14.7 Å². The number of pyridine rings is 2. The zero-order valence-corrected chi connectivity index (χ0v) is 16.8. The monoisotopic (exact) mass is 403 g/mol. The van der Waals surface area contributed by atoms with E-state index in [0.717, 1.165) is 17.9 Å². The molecule has 4 rings (SSSR count). The Bertz CT molecular complexity index is 1150. The van der Waals surface area contributed by atoms with Crippen molar-refractivity contribution >= 4 is 0 Å². The van der Waals surface area contributed by atoms with Crippen molar-refractivity contribution in [3.05, 3.63) is 64.7 Å². The van der Waals surface area contributed by atoms with Crippen molar-refractivity contribution < 1.29 is 9.47 Å². The summed E-state index contributed by atoms with van der Waals surface area (Å²) in [5.74, 6) is 2.50. The van der Waals surface area contributed by atoms with Crippen LogP contribution in [0.4, 0.5) is 0 Å². The number of aromatic nitrogens is 4. The molecule has 2 atom stereocenters. The molecule has 0 N–H and O–H groups in total. The fourth-order valence-electron chi connectivity index (χ4n) is 3.35. The van der Waals surface area contributed by atoms with Gasteiger partial charge in [0.2, 0.25) is 5.88 Å². The molecule has 8 heteroatoms. The molecule has 0 radical (unpaired) electrons. The summed E-state index contributed by atoms with van der Waals surface area (Å²) < 4.78 is 12.5. The number of aryl methyl sites for hydroxylation is 1. The maximum Gasteiger partial charge on any atom is 0.252 e. The average molecular weight is 403 g/mol. The van der Waals surface area contributed by atoms with Gasteiger partial charge in [0.25, 0.3) is 5.56 Å². The first-order valence-electron chi connectivity index (χ1n) is 9.63. The number of hydrogen-bond donors (Lipinski definition) is 0. The van der Waals surface area contributed by atoms with Crippen molar-refractivity contribution in [2.45, 2.75) is 25.8 Å². The Morgan fingerprint density at radius 3 is 2.83 bits per heavy atom. The summed E-state index contributed by atoms with van der Waals surface area (Å²) in [7, 11) is 1.62. The molecule has 0 aliphatic heterocycles. The van der Waals surface area contributed by atoms with Crippen LogP contribution in [0, 0.1) is 24.2 Å². The van der Waals surface area contributed by atoms with E-state index in [1.165, 1.54) is 10.6 Å². The molecule has 0 saturated heterocycles. The molecule has 1 aliphatic rings. The largest absolute Gasteiger partial charge is 0.495 e. The zero-order chi connectivity index (χ0) is 21.1. The SMILES string of the molecule is COc1ccc([C@H]2C[C@@H]2COc2nc(C)ncc2-c2ccn(CC#N)c(=O)c2)nc1. The lowest BCUT2D eigenvalue weighted by molar-refractivity contribution is 0.285. The van der Waals surface area contributed by atoms with Crippen LogP contribution < -0.4 is 15.0 Å². The van der Waals surface area contributed by atoms with E-state index in [1.807, 2.05) is 18.2 Å². The van der Waals surface area contributed by atoms with Gasteiger partial charge in [-0.05, 0) is 37.1 Å². The Hall–Kier alpha value is -3.73. The van der Waals surface area contributed by atoms with Crippen LogP contribution >= 0.6 is 0 Å². The maximum absolute atomic E-state index is 12.2. The molecule has 3 aromatic heterocycles. The van der Waals surface area contributed by atoms with E-state index >= 15 is 0 Å². The van der Waals surface area contributed by atoms with Crippen LogP contribution in [-0.2, 0) is 6.54 Å². The van der Waals surface area contributed by atoms with E-state index in [0.29, 0.717) is 41.3 Å².